The second-order valence-corrected chi connectivity index (χ2v) is 2.68. The number of carbonyl (C=O) groups is 1. The second-order valence-electron chi connectivity index (χ2n) is 2.68. The third-order valence-electron chi connectivity index (χ3n) is 1.44. The standard InChI is InChI=1S/C9H11N3O/c1-6(10)12-9(13)7-2-4-8(11)5-3-7/h2-5H,11H2,1H3,(H2,10,12,13). The van der Waals surface area contributed by atoms with Gasteiger partial charge in [0.05, 0.1) is 0 Å². The molecule has 1 aromatic rings. The van der Waals surface area contributed by atoms with Crippen molar-refractivity contribution in [1.82, 2.24) is 0 Å². The van der Waals surface area contributed by atoms with Gasteiger partial charge in [0.1, 0.15) is 5.84 Å². The van der Waals surface area contributed by atoms with Crippen molar-refractivity contribution in [2.24, 2.45) is 10.7 Å². The van der Waals surface area contributed by atoms with Crippen LogP contribution in [0.15, 0.2) is 29.3 Å². The number of nitrogen functional groups attached to an aromatic ring is 1. The molecule has 0 aliphatic heterocycles. The van der Waals surface area contributed by atoms with Crippen molar-refractivity contribution in [2.45, 2.75) is 6.92 Å². The van der Waals surface area contributed by atoms with Crippen molar-refractivity contribution in [2.75, 3.05) is 5.73 Å². The van der Waals surface area contributed by atoms with Crippen LogP contribution in [-0.2, 0) is 0 Å². The molecule has 0 bridgehead atoms. The largest absolute Gasteiger partial charge is 0.399 e. The topological polar surface area (TPSA) is 81.5 Å². The number of amidine groups is 1. The normalized spacial score (nSPS) is 11.3. The van der Waals surface area contributed by atoms with Crippen LogP contribution in [0.5, 0.6) is 0 Å². The van der Waals surface area contributed by atoms with Gasteiger partial charge in [-0.15, -0.1) is 0 Å². The van der Waals surface area contributed by atoms with Crippen molar-refractivity contribution in [3.63, 3.8) is 0 Å². The summed E-state index contributed by atoms with van der Waals surface area (Å²) in [5.41, 5.74) is 11.8. The molecule has 1 rings (SSSR count). The summed E-state index contributed by atoms with van der Waals surface area (Å²) < 4.78 is 0. The Morgan fingerprint density at radius 1 is 1.31 bits per heavy atom. The lowest BCUT2D eigenvalue weighted by molar-refractivity contribution is 0.100. The Bertz CT molecular complexity index is 336. The molecule has 0 aliphatic carbocycles. The first kappa shape index (κ1) is 9.25. The smallest absolute Gasteiger partial charge is 0.278 e. The number of nitrogens with two attached hydrogens (primary N) is 2. The number of hydrogen-bond acceptors (Lipinski definition) is 2. The average Bonchev–Trinajstić information content (AvgIpc) is 2.04. The van der Waals surface area contributed by atoms with Crippen molar-refractivity contribution in [3.8, 4) is 0 Å². The first-order chi connectivity index (χ1) is 6.09. The summed E-state index contributed by atoms with van der Waals surface area (Å²) in [6, 6.07) is 6.53. The van der Waals surface area contributed by atoms with Crippen LogP contribution in [0.4, 0.5) is 5.69 Å². The molecular weight excluding hydrogens is 166 g/mol. The molecule has 0 aromatic heterocycles. The van der Waals surface area contributed by atoms with E-state index < -0.39 is 0 Å². The Hall–Kier alpha value is -1.84. The maximum absolute atomic E-state index is 11.3. The van der Waals surface area contributed by atoms with E-state index >= 15 is 0 Å². The number of nitrogens with zero attached hydrogens (tertiary/aromatic N) is 1. The molecule has 0 atom stereocenters. The molecule has 1 aromatic carbocycles. The van der Waals surface area contributed by atoms with Gasteiger partial charge in [0.2, 0.25) is 0 Å². The molecule has 1 amide bonds. The summed E-state index contributed by atoms with van der Waals surface area (Å²) in [4.78, 5) is 14.9. The summed E-state index contributed by atoms with van der Waals surface area (Å²) >= 11 is 0. The summed E-state index contributed by atoms with van der Waals surface area (Å²) in [6.45, 7) is 1.56. The minimum atomic E-state index is -0.347. The molecule has 0 heterocycles. The van der Waals surface area contributed by atoms with Gasteiger partial charge in [-0.2, -0.15) is 4.99 Å². The summed E-state index contributed by atoms with van der Waals surface area (Å²) in [6.07, 6.45) is 0. The lowest BCUT2D eigenvalue weighted by Gasteiger charge is -1.96. The molecule has 13 heavy (non-hydrogen) atoms. The van der Waals surface area contributed by atoms with Crippen molar-refractivity contribution in [1.29, 1.82) is 0 Å². The van der Waals surface area contributed by atoms with Gasteiger partial charge < -0.3 is 11.5 Å². The van der Waals surface area contributed by atoms with Crippen LogP contribution in [-0.4, -0.2) is 11.7 Å². The molecule has 4 heteroatoms. The highest BCUT2D eigenvalue weighted by atomic mass is 16.1. The Morgan fingerprint density at radius 2 is 1.85 bits per heavy atom. The first-order valence-corrected chi connectivity index (χ1v) is 3.80. The van der Waals surface area contributed by atoms with Gasteiger partial charge in [-0.3, -0.25) is 4.79 Å². The highest BCUT2D eigenvalue weighted by Crippen LogP contribution is 2.06. The van der Waals surface area contributed by atoms with E-state index in [1.54, 1.807) is 31.2 Å². The number of carbonyl (C=O) groups excluding carboxylic acids is 1. The molecule has 4 nitrogen and oxygen atoms in total. The van der Waals surface area contributed by atoms with Crippen LogP contribution >= 0.6 is 0 Å². The minimum Gasteiger partial charge on any atom is -0.399 e. The molecule has 0 radical (unpaired) electrons. The molecule has 0 spiro atoms. The van der Waals surface area contributed by atoms with Crippen LogP contribution in [0, 0.1) is 0 Å². The molecule has 0 unspecified atom stereocenters. The van der Waals surface area contributed by atoms with E-state index in [-0.39, 0.29) is 11.7 Å². The van der Waals surface area contributed by atoms with E-state index in [9.17, 15) is 4.79 Å². The molecule has 0 aliphatic rings. The van der Waals surface area contributed by atoms with E-state index in [0.717, 1.165) is 0 Å². The maximum atomic E-state index is 11.3. The van der Waals surface area contributed by atoms with Gasteiger partial charge in [-0.1, -0.05) is 0 Å². The average molecular weight is 177 g/mol. The Balaban J connectivity index is 2.90. The van der Waals surface area contributed by atoms with Gasteiger partial charge in [0, 0.05) is 11.3 Å². The van der Waals surface area contributed by atoms with Crippen molar-refractivity contribution < 1.29 is 4.79 Å². The maximum Gasteiger partial charge on any atom is 0.278 e. The fraction of sp³-hybridized carbons (Fsp3) is 0.111. The van der Waals surface area contributed by atoms with E-state index in [0.29, 0.717) is 11.3 Å². The van der Waals surface area contributed by atoms with E-state index in [1.165, 1.54) is 0 Å². The van der Waals surface area contributed by atoms with Crippen LogP contribution in [0.2, 0.25) is 0 Å². The predicted octanol–water partition coefficient (Wildman–Crippen LogP) is 0.786. The second kappa shape index (κ2) is 3.71. The van der Waals surface area contributed by atoms with Crippen LogP contribution in [0.25, 0.3) is 0 Å². The molecule has 0 saturated heterocycles. The molecule has 0 fully saturated rings. The Morgan fingerprint density at radius 3 is 2.31 bits per heavy atom. The van der Waals surface area contributed by atoms with Crippen LogP contribution < -0.4 is 11.5 Å². The number of aliphatic imine (C=N–C) groups is 1. The van der Waals surface area contributed by atoms with Gasteiger partial charge in [0.25, 0.3) is 5.91 Å². The molecule has 68 valence electrons. The fourth-order valence-corrected chi connectivity index (χ4v) is 0.850. The molecule has 4 N–H and O–H groups in total. The van der Waals surface area contributed by atoms with Crippen LogP contribution in [0.3, 0.4) is 0 Å². The summed E-state index contributed by atoms with van der Waals surface area (Å²) in [5, 5.41) is 0. The van der Waals surface area contributed by atoms with E-state index in [4.69, 9.17) is 11.5 Å². The Labute approximate surface area is 76.3 Å². The number of rotatable bonds is 1. The van der Waals surface area contributed by atoms with Crippen molar-refractivity contribution in [3.05, 3.63) is 29.8 Å². The fourth-order valence-electron chi connectivity index (χ4n) is 0.850. The van der Waals surface area contributed by atoms with E-state index in [1.807, 2.05) is 0 Å². The van der Waals surface area contributed by atoms with E-state index in [2.05, 4.69) is 4.99 Å². The lowest BCUT2D eigenvalue weighted by Crippen LogP contribution is -2.09. The van der Waals surface area contributed by atoms with Crippen molar-refractivity contribution >= 4 is 17.4 Å². The zero-order valence-electron chi connectivity index (χ0n) is 7.32. The number of anilines is 1. The van der Waals surface area contributed by atoms with Gasteiger partial charge in [0.15, 0.2) is 0 Å². The SMILES string of the molecule is CC(N)=NC(=O)c1ccc(N)cc1. The summed E-state index contributed by atoms with van der Waals surface area (Å²) in [7, 11) is 0. The first-order valence-electron chi connectivity index (χ1n) is 3.80. The quantitative estimate of drug-likeness (QED) is 0.378. The number of amides is 1. The molecule has 0 saturated carbocycles. The third-order valence-corrected chi connectivity index (χ3v) is 1.44. The minimum absolute atomic E-state index is 0.252. The highest BCUT2D eigenvalue weighted by molar-refractivity contribution is 6.02. The number of hydrogen-bond donors (Lipinski definition) is 2. The zero-order valence-corrected chi connectivity index (χ0v) is 7.32. The number of benzene rings is 1. The monoisotopic (exact) mass is 177 g/mol. The summed E-state index contributed by atoms with van der Waals surface area (Å²) in [5.74, 6) is -0.0955. The predicted molar refractivity (Wildman–Crippen MR) is 52.5 cm³/mol. The lowest BCUT2D eigenvalue weighted by atomic mass is 10.2. The van der Waals surface area contributed by atoms with Crippen LogP contribution in [0.1, 0.15) is 17.3 Å². The van der Waals surface area contributed by atoms with Gasteiger partial charge in [-0.25, -0.2) is 0 Å². The van der Waals surface area contributed by atoms with Gasteiger partial charge in [-0.05, 0) is 31.2 Å². The zero-order chi connectivity index (χ0) is 9.84. The Kier molecular flexibility index (Phi) is 2.64. The highest BCUT2D eigenvalue weighted by Gasteiger charge is 2.02. The molecular formula is C9H11N3O. The van der Waals surface area contributed by atoms with Gasteiger partial charge >= 0.3 is 0 Å². The third kappa shape index (κ3) is 2.59.